The third kappa shape index (κ3) is 8.50. The van der Waals surface area contributed by atoms with Crippen LogP contribution in [-0.2, 0) is 0 Å². The molecule has 0 N–H and O–H groups in total. The van der Waals surface area contributed by atoms with Crippen LogP contribution in [-0.4, -0.2) is 24.5 Å². The Morgan fingerprint density at radius 1 is 0.850 bits per heavy atom. The second kappa shape index (κ2) is 7.95. The molecular weight excluding hydrogens is 244 g/mol. The predicted octanol–water partition coefficient (Wildman–Crippen LogP) is 5.42. The number of hydrogen-bond acceptors (Lipinski definition) is 2. The van der Waals surface area contributed by atoms with Crippen LogP contribution in [0, 0.1) is 16.7 Å². The molecule has 0 spiro atoms. The first-order chi connectivity index (χ1) is 8.94. The summed E-state index contributed by atoms with van der Waals surface area (Å²) in [6.07, 6.45) is 2.38. The summed E-state index contributed by atoms with van der Waals surface area (Å²) < 4.78 is 0. The van der Waals surface area contributed by atoms with E-state index < -0.39 is 0 Å². The minimum absolute atomic E-state index is 0.202. The van der Waals surface area contributed by atoms with Gasteiger partial charge in [-0.1, -0.05) is 48.5 Å². The van der Waals surface area contributed by atoms with E-state index in [1.54, 1.807) is 0 Å². The van der Waals surface area contributed by atoms with Crippen molar-refractivity contribution in [2.45, 2.75) is 75.2 Å². The van der Waals surface area contributed by atoms with Crippen LogP contribution in [0.1, 0.15) is 75.2 Å². The van der Waals surface area contributed by atoms with E-state index in [1.165, 1.54) is 24.3 Å². The van der Waals surface area contributed by atoms with Crippen molar-refractivity contribution in [2.75, 3.05) is 13.1 Å². The molecule has 1 unspecified atom stereocenters. The monoisotopic (exact) mass is 280 g/mol. The lowest BCUT2D eigenvalue weighted by atomic mass is 9.91. The van der Waals surface area contributed by atoms with E-state index in [1.807, 2.05) is 0 Å². The van der Waals surface area contributed by atoms with Gasteiger partial charge in [0.2, 0.25) is 0 Å². The van der Waals surface area contributed by atoms with Gasteiger partial charge in [0, 0.05) is 24.5 Å². The van der Waals surface area contributed by atoms with Gasteiger partial charge >= 0.3 is 0 Å². The number of nitrogens with zero attached hydrogens (tertiary/aromatic N) is 2. The van der Waals surface area contributed by atoms with Crippen LogP contribution in [0.4, 0.5) is 0 Å². The van der Waals surface area contributed by atoms with Gasteiger partial charge in [0.05, 0.1) is 0 Å². The fourth-order valence-electron chi connectivity index (χ4n) is 1.54. The molecule has 0 aromatic heterocycles. The second-order valence-corrected chi connectivity index (χ2v) is 8.14. The normalized spacial score (nSPS) is 16.4. The maximum absolute atomic E-state index is 4.73. The van der Waals surface area contributed by atoms with Crippen LogP contribution < -0.4 is 0 Å². The molecule has 1 atom stereocenters. The van der Waals surface area contributed by atoms with Crippen LogP contribution in [0.5, 0.6) is 0 Å². The van der Waals surface area contributed by atoms with Gasteiger partial charge < -0.3 is 0 Å². The van der Waals surface area contributed by atoms with Crippen LogP contribution in [0.2, 0.25) is 0 Å². The van der Waals surface area contributed by atoms with E-state index in [0.717, 1.165) is 13.1 Å². The molecule has 0 bridgehead atoms. The summed E-state index contributed by atoms with van der Waals surface area (Å²) in [5.74, 6) is 0.650. The molecule has 118 valence electrons. The van der Waals surface area contributed by atoms with Crippen molar-refractivity contribution >= 4 is 11.4 Å². The van der Waals surface area contributed by atoms with Gasteiger partial charge in [-0.3, -0.25) is 9.98 Å². The number of rotatable bonds is 6. The molecule has 0 aliphatic carbocycles. The lowest BCUT2D eigenvalue weighted by Gasteiger charge is -2.19. The molecule has 0 fully saturated rings. The Balaban J connectivity index is 4.06. The fourth-order valence-corrected chi connectivity index (χ4v) is 1.54. The highest BCUT2D eigenvalue weighted by Gasteiger charge is 2.15. The molecule has 0 aromatic carbocycles. The van der Waals surface area contributed by atoms with Crippen molar-refractivity contribution in [1.82, 2.24) is 0 Å². The van der Waals surface area contributed by atoms with E-state index in [2.05, 4.69) is 67.3 Å². The summed E-state index contributed by atoms with van der Waals surface area (Å²) in [6.45, 7) is 21.8. The standard InChI is InChI=1S/C18H36N2/c1-14(13-20-16(3)18(7,8)9)11-10-12-19-15(2)17(4,5)6/h14H,10-13H2,1-9H3. The number of hydrogen-bond donors (Lipinski definition) is 0. The predicted molar refractivity (Wildman–Crippen MR) is 93.3 cm³/mol. The average Bonchev–Trinajstić information content (AvgIpc) is 2.28. The fraction of sp³-hybridized carbons (Fsp3) is 0.889. The summed E-state index contributed by atoms with van der Waals surface area (Å²) in [6, 6.07) is 0. The molecular formula is C18H36N2. The maximum atomic E-state index is 4.73. The molecule has 0 rings (SSSR count). The molecule has 0 amide bonds. The van der Waals surface area contributed by atoms with E-state index >= 15 is 0 Å². The van der Waals surface area contributed by atoms with Gasteiger partial charge in [0.15, 0.2) is 0 Å². The molecule has 2 nitrogen and oxygen atoms in total. The quantitative estimate of drug-likeness (QED) is 0.458. The molecule has 0 aliphatic rings. The Morgan fingerprint density at radius 3 is 1.75 bits per heavy atom. The molecule has 0 aromatic rings. The first kappa shape index (κ1) is 19.3. The topological polar surface area (TPSA) is 24.7 Å². The average molecular weight is 280 g/mol. The van der Waals surface area contributed by atoms with E-state index in [0.29, 0.717) is 5.92 Å². The first-order valence-electron chi connectivity index (χ1n) is 7.97. The number of aliphatic imine (C=N–C) groups is 2. The largest absolute Gasteiger partial charge is 0.294 e. The zero-order valence-corrected chi connectivity index (χ0v) is 15.3. The van der Waals surface area contributed by atoms with Crippen LogP contribution >= 0.6 is 0 Å². The molecule has 0 radical (unpaired) electrons. The van der Waals surface area contributed by atoms with Gasteiger partial charge in [-0.15, -0.1) is 0 Å². The zero-order valence-electron chi connectivity index (χ0n) is 15.3. The van der Waals surface area contributed by atoms with Crippen LogP contribution in [0.15, 0.2) is 9.98 Å². The van der Waals surface area contributed by atoms with Gasteiger partial charge in [-0.25, -0.2) is 0 Å². The Hall–Kier alpha value is -0.660. The van der Waals surface area contributed by atoms with Crippen molar-refractivity contribution in [3.63, 3.8) is 0 Å². The molecule has 0 aliphatic heterocycles. The summed E-state index contributed by atoms with van der Waals surface area (Å²) in [7, 11) is 0. The van der Waals surface area contributed by atoms with E-state index in [-0.39, 0.29) is 10.8 Å². The molecule has 0 saturated carbocycles. The Bertz CT molecular complexity index is 337. The molecule has 0 heterocycles. The van der Waals surface area contributed by atoms with Crippen LogP contribution in [0.25, 0.3) is 0 Å². The summed E-state index contributed by atoms with van der Waals surface area (Å²) >= 11 is 0. The Labute approximate surface area is 127 Å². The third-order valence-corrected chi connectivity index (χ3v) is 4.01. The van der Waals surface area contributed by atoms with Gasteiger partial charge in [0.1, 0.15) is 0 Å². The van der Waals surface area contributed by atoms with Crippen molar-refractivity contribution in [2.24, 2.45) is 26.7 Å². The lowest BCUT2D eigenvalue weighted by molar-refractivity contribution is 0.515. The first-order valence-corrected chi connectivity index (χ1v) is 7.97. The van der Waals surface area contributed by atoms with Crippen molar-refractivity contribution in [3.8, 4) is 0 Å². The highest BCUT2D eigenvalue weighted by Crippen LogP contribution is 2.17. The van der Waals surface area contributed by atoms with Crippen molar-refractivity contribution < 1.29 is 0 Å². The zero-order chi connectivity index (χ0) is 16.0. The highest BCUT2D eigenvalue weighted by molar-refractivity contribution is 5.87. The second-order valence-electron chi connectivity index (χ2n) is 8.14. The summed E-state index contributed by atoms with van der Waals surface area (Å²) in [4.78, 5) is 9.41. The minimum Gasteiger partial charge on any atom is -0.294 e. The van der Waals surface area contributed by atoms with Gasteiger partial charge in [0.25, 0.3) is 0 Å². The lowest BCUT2D eigenvalue weighted by Crippen LogP contribution is -2.18. The Kier molecular flexibility index (Phi) is 7.69. The maximum Gasteiger partial charge on any atom is 0.0414 e. The minimum atomic E-state index is 0.202. The molecule has 0 saturated heterocycles. The smallest absolute Gasteiger partial charge is 0.0414 e. The Morgan fingerprint density at radius 2 is 1.30 bits per heavy atom. The third-order valence-electron chi connectivity index (χ3n) is 4.01. The van der Waals surface area contributed by atoms with Crippen LogP contribution in [0.3, 0.4) is 0 Å². The van der Waals surface area contributed by atoms with Crippen molar-refractivity contribution in [3.05, 3.63) is 0 Å². The van der Waals surface area contributed by atoms with E-state index in [9.17, 15) is 0 Å². The highest BCUT2D eigenvalue weighted by atomic mass is 14.8. The van der Waals surface area contributed by atoms with E-state index in [4.69, 9.17) is 4.99 Å². The summed E-state index contributed by atoms with van der Waals surface area (Å²) in [5, 5.41) is 0. The summed E-state index contributed by atoms with van der Waals surface area (Å²) in [5.41, 5.74) is 2.92. The van der Waals surface area contributed by atoms with Gasteiger partial charge in [-0.2, -0.15) is 0 Å². The SMILES string of the molecule is CC(=NCCCC(C)CN=C(C)C(C)(C)C)C(C)(C)C. The van der Waals surface area contributed by atoms with Gasteiger partial charge in [-0.05, 0) is 43.4 Å². The van der Waals surface area contributed by atoms with Crippen molar-refractivity contribution in [1.29, 1.82) is 0 Å². The molecule has 20 heavy (non-hydrogen) atoms. The molecule has 2 heteroatoms.